The third kappa shape index (κ3) is 7.71. The second-order valence-electron chi connectivity index (χ2n) is 4.81. The van der Waals surface area contributed by atoms with Gasteiger partial charge in [0.2, 0.25) is 0 Å². The summed E-state index contributed by atoms with van der Waals surface area (Å²) >= 11 is 0. The van der Waals surface area contributed by atoms with Crippen LogP contribution < -0.4 is 5.11 Å². The monoisotopic (exact) mass is 244 g/mol. The second-order valence-corrected chi connectivity index (χ2v) is 4.81. The molecule has 0 spiro atoms. The predicted molar refractivity (Wildman–Crippen MR) is 66.0 cm³/mol. The SMILES string of the molecule is CC1CCN(CCOCCCOCC[O-])CC1. The number of ether oxygens (including phenoxy) is 2. The van der Waals surface area contributed by atoms with Crippen molar-refractivity contribution in [1.29, 1.82) is 0 Å². The van der Waals surface area contributed by atoms with Crippen LogP contribution in [0, 0.1) is 5.92 Å². The smallest absolute Gasteiger partial charge is 0.0593 e. The first-order valence-corrected chi connectivity index (χ1v) is 6.79. The maximum absolute atomic E-state index is 10.1. The first kappa shape index (κ1) is 14.9. The Balaban J connectivity index is 1.81. The lowest BCUT2D eigenvalue weighted by atomic mass is 9.99. The van der Waals surface area contributed by atoms with Gasteiger partial charge in [0.05, 0.1) is 6.61 Å². The number of likely N-dealkylation sites (tertiary alicyclic amines) is 1. The molecular weight excluding hydrogens is 218 g/mol. The standard InChI is InChI=1S/C13H26NO3/c1-13-3-5-14(6-4-13)7-11-16-9-2-10-17-12-8-15/h13H,2-12H2,1H3/q-1. The van der Waals surface area contributed by atoms with E-state index in [0.717, 1.165) is 32.1 Å². The first-order chi connectivity index (χ1) is 8.33. The van der Waals surface area contributed by atoms with Crippen LogP contribution in [0.5, 0.6) is 0 Å². The molecule has 0 N–H and O–H groups in total. The minimum atomic E-state index is -0.145. The third-order valence-electron chi connectivity index (χ3n) is 3.23. The Hall–Kier alpha value is -0.160. The summed E-state index contributed by atoms with van der Waals surface area (Å²) in [6.45, 7) is 8.20. The van der Waals surface area contributed by atoms with Crippen molar-refractivity contribution in [3.8, 4) is 0 Å². The van der Waals surface area contributed by atoms with Crippen molar-refractivity contribution in [2.75, 3.05) is 52.7 Å². The molecule has 1 saturated heterocycles. The van der Waals surface area contributed by atoms with Gasteiger partial charge in [0.1, 0.15) is 0 Å². The fourth-order valence-corrected chi connectivity index (χ4v) is 2.01. The molecule has 1 fully saturated rings. The molecule has 0 radical (unpaired) electrons. The highest BCUT2D eigenvalue weighted by molar-refractivity contribution is 4.68. The zero-order chi connectivity index (χ0) is 12.3. The summed E-state index contributed by atoms with van der Waals surface area (Å²) in [6, 6.07) is 0. The van der Waals surface area contributed by atoms with E-state index < -0.39 is 0 Å². The van der Waals surface area contributed by atoms with Gasteiger partial charge in [-0.1, -0.05) is 6.92 Å². The van der Waals surface area contributed by atoms with Crippen LogP contribution in [0.2, 0.25) is 0 Å². The summed E-state index contributed by atoms with van der Waals surface area (Å²) in [4.78, 5) is 2.48. The Labute approximate surface area is 105 Å². The largest absolute Gasteiger partial charge is 0.853 e. The van der Waals surface area contributed by atoms with Gasteiger partial charge in [-0.3, -0.25) is 0 Å². The maximum atomic E-state index is 10.1. The van der Waals surface area contributed by atoms with E-state index in [-0.39, 0.29) is 6.61 Å². The molecule has 0 amide bonds. The van der Waals surface area contributed by atoms with Crippen LogP contribution in [0.4, 0.5) is 0 Å². The van der Waals surface area contributed by atoms with Gasteiger partial charge >= 0.3 is 0 Å². The van der Waals surface area contributed by atoms with E-state index in [1.807, 2.05) is 0 Å². The normalized spacial score (nSPS) is 18.7. The summed E-state index contributed by atoms with van der Waals surface area (Å²) < 4.78 is 10.6. The molecular formula is C13H26NO3-. The van der Waals surface area contributed by atoms with Crippen molar-refractivity contribution >= 4 is 0 Å². The summed E-state index contributed by atoms with van der Waals surface area (Å²) in [5.74, 6) is 0.894. The molecule has 0 saturated carbocycles. The molecule has 102 valence electrons. The number of hydrogen-bond donors (Lipinski definition) is 0. The van der Waals surface area contributed by atoms with Gasteiger partial charge in [-0.15, -0.1) is 6.61 Å². The quantitative estimate of drug-likeness (QED) is 0.554. The third-order valence-corrected chi connectivity index (χ3v) is 3.23. The Kier molecular flexibility index (Phi) is 8.61. The molecule has 0 aromatic rings. The number of nitrogens with zero attached hydrogens (tertiary/aromatic N) is 1. The van der Waals surface area contributed by atoms with Gasteiger partial charge in [0, 0.05) is 26.4 Å². The Morgan fingerprint density at radius 3 is 2.35 bits per heavy atom. The van der Waals surface area contributed by atoms with E-state index in [0.29, 0.717) is 13.2 Å². The van der Waals surface area contributed by atoms with Crippen LogP contribution >= 0.6 is 0 Å². The van der Waals surface area contributed by atoms with Crippen LogP contribution in [0.3, 0.4) is 0 Å². The Morgan fingerprint density at radius 2 is 1.71 bits per heavy atom. The van der Waals surface area contributed by atoms with E-state index in [1.54, 1.807) is 0 Å². The molecule has 4 nitrogen and oxygen atoms in total. The molecule has 1 aliphatic rings. The zero-order valence-corrected chi connectivity index (χ0v) is 11.0. The first-order valence-electron chi connectivity index (χ1n) is 6.79. The highest BCUT2D eigenvalue weighted by Crippen LogP contribution is 2.15. The number of hydrogen-bond acceptors (Lipinski definition) is 4. The van der Waals surface area contributed by atoms with Crippen molar-refractivity contribution < 1.29 is 14.6 Å². The van der Waals surface area contributed by atoms with E-state index in [1.165, 1.54) is 25.9 Å². The van der Waals surface area contributed by atoms with E-state index in [2.05, 4.69) is 11.8 Å². The minimum absolute atomic E-state index is 0.145. The number of piperidine rings is 1. The highest BCUT2D eigenvalue weighted by Gasteiger charge is 2.14. The van der Waals surface area contributed by atoms with Gasteiger partial charge in [-0.25, -0.2) is 0 Å². The Bertz CT molecular complexity index is 170. The molecule has 1 heterocycles. The van der Waals surface area contributed by atoms with Crippen molar-refractivity contribution in [3.63, 3.8) is 0 Å². The molecule has 1 rings (SSSR count). The number of rotatable bonds is 9. The van der Waals surface area contributed by atoms with Gasteiger partial charge in [-0.05, 0) is 38.3 Å². The van der Waals surface area contributed by atoms with Crippen LogP contribution in [0.1, 0.15) is 26.2 Å². The maximum Gasteiger partial charge on any atom is 0.0593 e. The van der Waals surface area contributed by atoms with Crippen molar-refractivity contribution in [2.24, 2.45) is 5.92 Å². The lowest BCUT2D eigenvalue weighted by Crippen LogP contribution is -2.35. The second kappa shape index (κ2) is 9.83. The van der Waals surface area contributed by atoms with Crippen LogP contribution in [0.15, 0.2) is 0 Å². The summed E-state index contributed by atoms with van der Waals surface area (Å²) in [5.41, 5.74) is 0. The highest BCUT2D eigenvalue weighted by atomic mass is 16.5. The van der Waals surface area contributed by atoms with Crippen LogP contribution in [0.25, 0.3) is 0 Å². The molecule has 0 unspecified atom stereocenters. The zero-order valence-electron chi connectivity index (χ0n) is 11.0. The van der Waals surface area contributed by atoms with E-state index >= 15 is 0 Å². The van der Waals surface area contributed by atoms with Crippen molar-refractivity contribution in [1.82, 2.24) is 4.90 Å². The minimum Gasteiger partial charge on any atom is -0.853 e. The van der Waals surface area contributed by atoms with Crippen molar-refractivity contribution in [2.45, 2.75) is 26.2 Å². The fourth-order valence-electron chi connectivity index (χ4n) is 2.01. The Morgan fingerprint density at radius 1 is 1.06 bits per heavy atom. The average molecular weight is 244 g/mol. The van der Waals surface area contributed by atoms with E-state index in [4.69, 9.17) is 9.47 Å². The van der Waals surface area contributed by atoms with Gasteiger partial charge in [0.25, 0.3) is 0 Å². The van der Waals surface area contributed by atoms with Crippen molar-refractivity contribution in [3.05, 3.63) is 0 Å². The summed E-state index contributed by atoms with van der Waals surface area (Å²) in [6.07, 6.45) is 3.53. The molecule has 0 atom stereocenters. The molecule has 0 aliphatic carbocycles. The summed E-state index contributed by atoms with van der Waals surface area (Å²) in [7, 11) is 0. The topological polar surface area (TPSA) is 44.8 Å². The lowest BCUT2D eigenvalue weighted by molar-refractivity contribution is -0.374. The van der Waals surface area contributed by atoms with Crippen LogP contribution in [-0.2, 0) is 9.47 Å². The van der Waals surface area contributed by atoms with Gasteiger partial charge < -0.3 is 19.5 Å². The molecule has 17 heavy (non-hydrogen) atoms. The molecule has 0 aromatic carbocycles. The fraction of sp³-hybridized carbons (Fsp3) is 1.00. The lowest BCUT2D eigenvalue weighted by Gasteiger charge is -2.29. The molecule has 4 heteroatoms. The van der Waals surface area contributed by atoms with Gasteiger partial charge in [-0.2, -0.15) is 0 Å². The average Bonchev–Trinajstić information content (AvgIpc) is 2.35. The van der Waals surface area contributed by atoms with Gasteiger partial charge in [0.15, 0.2) is 0 Å². The molecule has 0 bridgehead atoms. The summed E-state index contributed by atoms with van der Waals surface area (Å²) in [5, 5.41) is 10.1. The predicted octanol–water partition coefficient (Wildman–Crippen LogP) is 0.502. The van der Waals surface area contributed by atoms with Crippen LogP contribution in [-0.4, -0.2) is 57.6 Å². The molecule has 1 aliphatic heterocycles. The van der Waals surface area contributed by atoms with E-state index in [9.17, 15) is 5.11 Å². The molecule has 0 aromatic heterocycles.